The molecule has 1 aromatic heterocycles. The second kappa shape index (κ2) is 9.59. The van der Waals surface area contributed by atoms with E-state index in [1.165, 1.54) is 6.20 Å². The summed E-state index contributed by atoms with van der Waals surface area (Å²) in [6.07, 6.45) is 1.44. The smallest absolute Gasteiger partial charge is 0.242 e. The molecule has 5 rings (SSSR count). The standard InChI is InChI=1S/C24H25N3O7S/c28-23(25-17-5-6-20-21(13-17)34-12-11-33-20)16-35(30,31)22-14-27(19-4-2-1-3-18(19)22)15-24(29)26-7-9-32-10-8-26/h1-6,13-14H,7-12,15-16H2,(H,25,28). The highest BCUT2D eigenvalue weighted by molar-refractivity contribution is 7.92. The Bertz CT molecular complexity index is 1380. The van der Waals surface area contributed by atoms with Gasteiger partial charge in [-0.05, 0) is 18.2 Å². The minimum Gasteiger partial charge on any atom is -0.486 e. The molecule has 0 saturated carbocycles. The summed E-state index contributed by atoms with van der Waals surface area (Å²) in [5, 5.41) is 3.08. The number of benzene rings is 2. The lowest BCUT2D eigenvalue weighted by Crippen LogP contribution is -2.42. The third-order valence-electron chi connectivity index (χ3n) is 5.90. The number of carbonyl (C=O) groups excluding carboxylic acids is 2. The lowest BCUT2D eigenvalue weighted by Gasteiger charge is -2.27. The van der Waals surface area contributed by atoms with E-state index < -0.39 is 21.5 Å². The molecule has 2 aliphatic heterocycles. The van der Waals surface area contributed by atoms with E-state index in [-0.39, 0.29) is 17.3 Å². The third-order valence-corrected chi connectivity index (χ3v) is 7.54. The minimum atomic E-state index is -4.00. The van der Waals surface area contributed by atoms with E-state index in [2.05, 4.69) is 5.32 Å². The molecule has 2 aromatic carbocycles. The van der Waals surface area contributed by atoms with Crippen LogP contribution in [0, 0.1) is 0 Å². The van der Waals surface area contributed by atoms with Gasteiger partial charge >= 0.3 is 0 Å². The molecule has 2 aliphatic rings. The minimum absolute atomic E-state index is 0.000569. The van der Waals surface area contributed by atoms with Gasteiger partial charge in [-0.1, -0.05) is 18.2 Å². The fraction of sp³-hybridized carbons (Fsp3) is 0.333. The van der Waals surface area contributed by atoms with Crippen molar-refractivity contribution < 1.29 is 32.2 Å². The molecule has 10 nitrogen and oxygen atoms in total. The summed E-state index contributed by atoms with van der Waals surface area (Å²) >= 11 is 0. The van der Waals surface area contributed by atoms with E-state index >= 15 is 0 Å². The van der Waals surface area contributed by atoms with Crippen LogP contribution in [0.1, 0.15) is 0 Å². The lowest BCUT2D eigenvalue weighted by molar-refractivity contribution is -0.135. The second-order valence-electron chi connectivity index (χ2n) is 8.30. The van der Waals surface area contributed by atoms with Crippen molar-refractivity contribution in [3.05, 3.63) is 48.7 Å². The molecule has 0 radical (unpaired) electrons. The normalized spacial score (nSPS) is 15.7. The number of ether oxygens (including phenoxy) is 3. The Morgan fingerprint density at radius 2 is 1.69 bits per heavy atom. The number of hydrogen-bond donors (Lipinski definition) is 1. The number of para-hydroxylation sites is 1. The van der Waals surface area contributed by atoms with Crippen LogP contribution in [0.4, 0.5) is 5.69 Å². The highest BCUT2D eigenvalue weighted by atomic mass is 32.2. The van der Waals surface area contributed by atoms with Crippen LogP contribution in [-0.2, 0) is 30.7 Å². The largest absolute Gasteiger partial charge is 0.486 e. The van der Waals surface area contributed by atoms with Crippen molar-refractivity contribution in [3.63, 3.8) is 0 Å². The number of aromatic nitrogens is 1. The van der Waals surface area contributed by atoms with E-state index in [9.17, 15) is 18.0 Å². The van der Waals surface area contributed by atoms with Crippen LogP contribution in [0.25, 0.3) is 10.9 Å². The van der Waals surface area contributed by atoms with Crippen LogP contribution in [0.15, 0.2) is 53.6 Å². The first kappa shape index (κ1) is 23.2. The summed E-state index contributed by atoms with van der Waals surface area (Å²) in [4.78, 5) is 27.1. The Hall–Kier alpha value is -3.57. The molecule has 11 heteroatoms. The zero-order valence-electron chi connectivity index (χ0n) is 18.9. The highest BCUT2D eigenvalue weighted by Crippen LogP contribution is 2.33. The van der Waals surface area contributed by atoms with E-state index in [1.54, 1.807) is 51.9 Å². The predicted molar refractivity (Wildman–Crippen MR) is 127 cm³/mol. The molecular formula is C24H25N3O7S. The lowest BCUT2D eigenvalue weighted by atomic mass is 10.2. The van der Waals surface area contributed by atoms with E-state index in [0.717, 1.165) is 0 Å². The topological polar surface area (TPSA) is 116 Å². The number of rotatable bonds is 6. The summed E-state index contributed by atoms with van der Waals surface area (Å²) in [6.45, 7) is 2.82. The van der Waals surface area contributed by atoms with Gasteiger partial charge < -0.3 is 29.0 Å². The van der Waals surface area contributed by atoms with Gasteiger partial charge in [-0.15, -0.1) is 0 Å². The van der Waals surface area contributed by atoms with Gasteiger partial charge in [-0.3, -0.25) is 9.59 Å². The SMILES string of the molecule is O=C(CS(=O)(=O)c1cn(CC(=O)N2CCOCC2)c2ccccc12)Nc1ccc2c(c1)OCCO2. The molecule has 3 heterocycles. The molecular weight excluding hydrogens is 474 g/mol. The van der Waals surface area contributed by atoms with Crippen molar-refractivity contribution in [3.8, 4) is 11.5 Å². The van der Waals surface area contributed by atoms with Gasteiger partial charge in [-0.2, -0.15) is 0 Å². The molecule has 1 fully saturated rings. The number of carbonyl (C=O) groups is 2. The molecule has 184 valence electrons. The predicted octanol–water partition coefficient (Wildman–Crippen LogP) is 1.68. The number of anilines is 1. The summed E-state index contributed by atoms with van der Waals surface area (Å²) in [7, 11) is -4.00. The number of fused-ring (bicyclic) bond motifs is 2. The van der Waals surface area contributed by atoms with Gasteiger partial charge in [0.05, 0.1) is 18.1 Å². The van der Waals surface area contributed by atoms with Gasteiger partial charge in [0.25, 0.3) is 0 Å². The number of sulfone groups is 1. The second-order valence-corrected chi connectivity index (χ2v) is 10.3. The molecule has 1 N–H and O–H groups in total. The average Bonchev–Trinajstić information content (AvgIpc) is 3.23. The van der Waals surface area contributed by atoms with Crippen LogP contribution < -0.4 is 14.8 Å². The fourth-order valence-corrected chi connectivity index (χ4v) is 5.59. The molecule has 0 aliphatic carbocycles. The molecule has 0 unspecified atom stereocenters. The van der Waals surface area contributed by atoms with E-state index in [1.807, 2.05) is 0 Å². The first-order valence-electron chi connectivity index (χ1n) is 11.3. The molecule has 2 amide bonds. The van der Waals surface area contributed by atoms with Crippen molar-refractivity contribution in [1.29, 1.82) is 0 Å². The maximum Gasteiger partial charge on any atom is 0.242 e. The van der Waals surface area contributed by atoms with Crippen LogP contribution in [-0.4, -0.2) is 75.0 Å². The van der Waals surface area contributed by atoms with Crippen LogP contribution in [0.2, 0.25) is 0 Å². The Balaban J connectivity index is 1.35. The maximum atomic E-state index is 13.2. The van der Waals surface area contributed by atoms with Crippen molar-refractivity contribution in [2.24, 2.45) is 0 Å². The summed E-state index contributed by atoms with van der Waals surface area (Å²) in [5.41, 5.74) is 1.02. The quantitative estimate of drug-likeness (QED) is 0.549. The van der Waals surface area contributed by atoms with Gasteiger partial charge in [0, 0.05) is 41.9 Å². The number of amides is 2. The van der Waals surface area contributed by atoms with Gasteiger partial charge in [0.2, 0.25) is 11.8 Å². The Kier molecular flexibility index (Phi) is 6.35. The number of nitrogens with zero attached hydrogens (tertiary/aromatic N) is 2. The van der Waals surface area contributed by atoms with Gasteiger partial charge in [0.15, 0.2) is 21.3 Å². The molecule has 1 saturated heterocycles. The van der Waals surface area contributed by atoms with E-state index in [0.29, 0.717) is 67.6 Å². The number of morpholine rings is 1. The van der Waals surface area contributed by atoms with E-state index in [4.69, 9.17) is 14.2 Å². The molecule has 3 aromatic rings. The first-order valence-corrected chi connectivity index (χ1v) is 12.9. The highest BCUT2D eigenvalue weighted by Gasteiger charge is 2.26. The first-order chi connectivity index (χ1) is 16.9. The Labute approximate surface area is 202 Å². The van der Waals surface area contributed by atoms with Crippen molar-refractivity contribution in [2.75, 3.05) is 50.6 Å². The summed E-state index contributed by atoms with van der Waals surface area (Å²) in [5.74, 6) is -0.476. The third kappa shape index (κ3) is 4.96. The molecule has 35 heavy (non-hydrogen) atoms. The van der Waals surface area contributed by atoms with Crippen LogP contribution >= 0.6 is 0 Å². The fourth-order valence-electron chi connectivity index (χ4n) is 4.22. The molecule has 0 bridgehead atoms. The van der Waals surface area contributed by atoms with Gasteiger partial charge in [-0.25, -0.2) is 8.42 Å². The monoisotopic (exact) mass is 499 g/mol. The maximum absolute atomic E-state index is 13.2. The Morgan fingerprint density at radius 1 is 0.943 bits per heavy atom. The van der Waals surface area contributed by atoms with Gasteiger partial charge in [0.1, 0.15) is 25.5 Å². The summed E-state index contributed by atoms with van der Waals surface area (Å²) in [6, 6.07) is 11.8. The zero-order chi connectivity index (χ0) is 24.4. The average molecular weight is 500 g/mol. The van der Waals surface area contributed by atoms with Crippen molar-refractivity contribution in [1.82, 2.24) is 9.47 Å². The Morgan fingerprint density at radius 3 is 2.49 bits per heavy atom. The molecule has 0 atom stereocenters. The van der Waals surface area contributed by atoms with Crippen LogP contribution in [0.5, 0.6) is 11.5 Å². The zero-order valence-corrected chi connectivity index (χ0v) is 19.8. The van der Waals surface area contributed by atoms with Crippen molar-refractivity contribution >= 4 is 38.2 Å². The van der Waals surface area contributed by atoms with Crippen LogP contribution in [0.3, 0.4) is 0 Å². The molecule has 0 spiro atoms. The number of hydrogen-bond acceptors (Lipinski definition) is 7. The number of nitrogens with one attached hydrogen (secondary N) is 1. The van der Waals surface area contributed by atoms with Crippen molar-refractivity contribution in [2.45, 2.75) is 11.4 Å². The summed E-state index contributed by atoms with van der Waals surface area (Å²) < 4.78 is 44.4.